The van der Waals surface area contributed by atoms with Gasteiger partial charge in [-0.05, 0) is 18.4 Å². The highest BCUT2D eigenvalue weighted by molar-refractivity contribution is 7.98. The molecule has 1 unspecified atom stereocenters. The van der Waals surface area contributed by atoms with E-state index < -0.39 is 6.10 Å². The number of nitrogens with one attached hydrogen (secondary N) is 1. The summed E-state index contributed by atoms with van der Waals surface area (Å²) in [5.41, 5.74) is 0.916. The van der Waals surface area contributed by atoms with Gasteiger partial charge in [-0.1, -0.05) is 0 Å². The van der Waals surface area contributed by atoms with Crippen molar-refractivity contribution in [2.45, 2.75) is 11.0 Å². The predicted octanol–water partition coefficient (Wildman–Crippen LogP) is 2.43. The van der Waals surface area contributed by atoms with Crippen molar-refractivity contribution in [1.29, 1.82) is 0 Å². The Morgan fingerprint density at radius 3 is 2.88 bits per heavy atom. The molecule has 2 N–H and O–H groups in total. The van der Waals surface area contributed by atoms with Gasteiger partial charge in [0.25, 0.3) is 0 Å². The molecule has 0 fully saturated rings. The van der Waals surface area contributed by atoms with Crippen molar-refractivity contribution in [3.8, 4) is 5.75 Å². The summed E-state index contributed by atoms with van der Waals surface area (Å²) in [6, 6.07) is 5.85. The van der Waals surface area contributed by atoms with Gasteiger partial charge in [-0.15, -0.1) is 23.4 Å². The molecule has 16 heavy (non-hydrogen) atoms. The second-order valence-corrected chi connectivity index (χ2v) is 4.42. The molecule has 0 radical (unpaired) electrons. The Morgan fingerprint density at radius 1 is 1.56 bits per heavy atom. The lowest BCUT2D eigenvalue weighted by Crippen LogP contribution is -2.20. The van der Waals surface area contributed by atoms with E-state index >= 15 is 0 Å². The first kappa shape index (κ1) is 13.5. The van der Waals surface area contributed by atoms with E-state index in [9.17, 15) is 5.11 Å². The number of benzene rings is 1. The highest BCUT2D eigenvalue weighted by atomic mass is 35.5. The Kier molecular flexibility index (Phi) is 5.80. The highest BCUT2D eigenvalue weighted by Gasteiger charge is 2.05. The molecule has 0 spiro atoms. The molecule has 0 aromatic heterocycles. The Bertz CT molecular complexity index is 336. The fourth-order valence-electron chi connectivity index (χ4n) is 1.24. The third-order valence-corrected chi connectivity index (χ3v) is 3.24. The van der Waals surface area contributed by atoms with E-state index in [1.807, 2.05) is 24.5 Å². The van der Waals surface area contributed by atoms with Crippen molar-refractivity contribution in [2.75, 3.05) is 31.1 Å². The van der Waals surface area contributed by atoms with Gasteiger partial charge in [0.1, 0.15) is 5.75 Å². The summed E-state index contributed by atoms with van der Waals surface area (Å²) in [5, 5.41) is 12.4. The second kappa shape index (κ2) is 6.89. The maximum atomic E-state index is 9.32. The van der Waals surface area contributed by atoms with Gasteiger partial charge in [-0.2, -0.15) is 0 Å². The van der Waals surface area contributed by atoms with Crippen LogP contribution in [0.25, 0.3) is 0 Å². The summed E-state index contributed by atoms with van der Waals surface area (Å²) in [6.45, 7) is 0.436. The Balaban J connectivity index is 2.67. The van der Waals surface area contributed by atoms with Crippen LogP contribution in [-0.4, -0.2) is 37.0 Å². The Hall–Kier alpha value is -0.580. The van der Waals surface area contributed by atoms with Crippen molar-refractivity contribution < 1.29 is 9.84 Å². The summed E-state index contributed by atoms with van der Waals surface area (Å²) < 4.78 is 5.26. The summed E-state index contributed by atoms with van der Waals surface area (Å²) in [7, 11) is 1.65. The summed E-state index contributed by atoms with van der Waals surface area (Å²) in [4.78, 5) is 1.09. The van der Waals surface area contributed by atoms with Crippen LogP contribution in [0.1, 0.15) is 0 Å². The second-order valence-electron chi connectivity index (χ2n) is 3.26. The average Bonchev–Trinajstić information content (AvgIpc) is 2.35. The van der Waals surface area contributed by atoms with E-state index in [4.69, 9.17) is 16.3 Å². The van der Waals surface area contributed by atoms with Crippen molar-refractivity contribution in [2.24, 2.45) is 0 Å². The minimum atomic E-state index is -0.534. The van der Waals surface area contributed by atoms with Crippen molar-refractivity contribution >= 4 is 29.1 Å². The number of thioether (sulfide) groups is 1. The molecule has 0 saturated carbocycles. The predicted molar refractivity (Wildman–Crippen MR) is 70.0 cm³/mol. The van der Waals surface area contributed by atoms with Gasteiger partial charge in [0, 0.05) is 23.2 Å². The normalized spacial score (nSPS) is 12.2. The first-order chi connectivity index (χ1) is 7.71. The Morgan fingerprint density at radius 2 is 2.31 bits per heavy atom. The number of anilines is 1. The van der Waals surface area contributed by atoms with E-state index in [-0.39, 0.29) is 5.88 Å². The zero-order valence-electron chi connectivity index (χ0n) is 9.37. The smallest absolute Gasteiger partial charge is 0.134 e. The average molecular weight is 262 g/mol. The first-order valence-corrected chi connectivity index (χ1v) is 6.67. The molecule has 0 aliphatic carbocycles. The fraction of sp³-hybridized carbons (Fsp3) is 0.455. The number of alkyl halides is 1. The molecule has 0 aliphatic rings. The van der Waals surface area contributed by atoms with Crippen LogP contribution in [0.5, 0.6) is 5.75 Å². The van der Waals surface area contributed by atoms with Gasteiger partial charge < -0.3 is 15.2 Å². The number of hydrogen-bond acceptors (Lipinski definition) is 4. The maximum absolute atomic E-state index is 9.32. The van der Waals surface area contributed by atoms with Crippen LogP contribution in [0.4, 0.5) is 5.69 Å². The number of ether oxygens (including phenoxy) is 1. The van der Waals surface area contributed by atoms with Crippen LogP contribution in [0, 0.1) is 0 Å². The van der Waals surface area contributed by atoms with Crippen LogP contribution in [0.3, 0.4) is 0 Å². The number of halogens is 1. The first-order valence-electron chi connectivity index (χ1n) is 4.91. The largest absolute Gasteiger partial charge is 0.496 e. The molecular weight excluding hydrogens is 246 g/mol. The van der Waals surface area contributed by atoms with Crippen LogP contribution in [0.2, 0.25) is 0 Å². The highest BCUT2D eigenvalue weighted by Crippen LogP contribution is 2.30. The summed E-state index contributed by atoms with van der Waals surface area (Å²) >= 11 is 7.14. The standard InChI is InChI=1S/C11H16ClNO2S/c1-15-10-5-8(3-4-11(10)16-2)13-7-9(14)6-12/h3-5,9,13-14H,6-7H2,1-2H3. The zero-order valence-corrected chi connectivity index (χ0v) is 10.9. The molecule has 0 heterocycles. The number of aliphatic hydroxyl groups excluding tert-OH is 1. The van der Waals surface area contributed by atoms with Gasteiger partial charge >= 0.3 is 0 Å². The molecular formula is C11H16ClNO2S. The molecule has 3 nitrogen and oxygen atoms in total. The lowest BCUT2D eigenvalue weighted by atomic mass is 10.3. The van der Waals surface area contributed by atoms with Crippen molar-refractivity contribution in [3.63, 3.8) is 0 Å². The number of hydrogen-bond donors (Lipinski definition) is 2. The van der Waals surface area contributed by atoms with Crippen LogP contribution in [-0.2, 0) is 0 Å². The van der Waals surface area contributed by atoms with E-state index in [2.05, 4.69) is 5.32 Å². The van der Waals surface area contributed by atoms with Crippen molar-refractivity contribution in [3.05, 3.63) is 18.2 Å². The number of methoxy groups -OCH3 is 1. The molecule has 0 bridgehead atoms. The molecule has 90 valence electrons. The van der Waals surface area contributed by atoms with E-state index in [0.717, 1.165) is 16.3 Å². The van der Waals surface area contributed by atoms with E-state index in [1.165, 1.54) is 0 Å². The minimum absolute atomic E-state index is 0.229. The fourth-order valence-corrected chi connectivity index (χ4v) is 1.89. The van der Waals surface area contributed by atoms with Gasteiger partial charge in [0.2, 0.25) is 0 Å². The lowest BCUT2D eigenvalue weighted by Gasteiger charge is -2.12. The molecule has 0 aliphatic heterocycles. The quantitative estimate of drug-likeness (QED) is 0.610. The molecule has 1 aromatic rings. The molecule has 1 atom stereocenters. The van der Waals surface area contributed by atoms with Gasteiger partial charge in [0.05, 0.1) is 19.1 Å². The molecule has 0 amide bonds. The maximum Gasteiger partial charge on any atom is 0.134 e. The third kappa shape index (κ3) is 3.77. The molecule has 1 aromatic carbocycles. The van der Waals surface area contributed by atoms with E-state index in [1.54, 1.807) is 18.9 Å². The number of rotatable bonds is 6. The van der Waals surface area contributed by atoms with Crippen LogP contribution in [0.15, 0.2) is 23.1 Å². The minimum Gasteiger partial charge on any atom is -0.496 e. The molecule has 1 rings (SSSR count). The van der Waals surface area contributed by atoms with Crippen LogP contribution >= 0.6 is 23.4 Å². The van der Waals surface area contributed by atoms with Gasteiger partial charge in [-0.3, -0.25) is 0 Å². The summed E-state index contributed by atoms with van der Waals surface area (Å²) in [6.07, 6.45) is 1.47. The van der Waals surface area contributed by atoms with Gasteiger partial charge in [0.15, 0.2) is 0 Å². The monoisotopic (exact) mass is 261 g/mol. The van der Waals surface area contributed by atoms with E-state index in [0.29, 0.717) is 6.54 Å². The third-order valence-electron chi connectivity index (χ3n) is 2.10. The van der Waals surface area contributed by atoms with Crippen molar-refractivity contribution in [1.82, 2.24) is 0 Å². The number of aliphatic hydroxyl groups is 1. The topological polar surface area (TPSA) is 41.5 Å². The zero-order chi connectivity index (χ0) is 12.0. The van der Waals surface area contributed by atoms with Gasteiger partial charge in [-0.25, -0.2) is 0 Å². The lowest BCUT2D eigenvalue weighted by molar-refractivity contribution is 0.211. The summed E-state index contributed by atoms with van der Waals surface area (Å²) in [5.74, 6) is 1.06. The molecule has 0 saturated heterocycles. The van der Waals surface area contributed by atoms with Crippen LogP contribution < -0.4 is 10.1 Å². The molecule has 5 heteroatoms. The SMILES string of the molecule is COc1cc(NCC(O)CCl)ccc1SC. The Labute approximate surface area is 105 Å².